The lowest BCUT2D eigenvalue weighted by atomic mass is 9.92. The van der Waals surface area contributed by atoms with E-state index in [1.807, 2.05) is 13.0 Å². The minimum absolute atomic E-state index is 0.327. The van der Waals surface area contributed by atoms with Gasteiger partial charge in [-0.1, -0.05) is 39.5 Å². The number of ether oxygens (including phenoxy) is 1. The molecule has 118 valence electrons. The van der Waals surface area contributed by atoms with Crippen molar-refractivity contribution in [2.45, 2.75) is 71.3 Å². The second-order valence-electron chi connectivity index (χ2n) is 6.55. The quantitative estimate of drug-likeness (QED) is 0.837. The van der Waals surface area contributed by atoms with E-state index in [1.165, 1.54) is 25.7 Å². The number of hydrogen-bond donors (Lipinski definition) is 1. The molecule has 1 aliphatic carbocycles. The number of aromatic nitrogens is 2. The topological polar surface area (TPSA) is 61.0 Å². The number of nitrogens with zero attached hydrogens (tertiary/aromatic N) is 2. The molecular weight excluding hydrogens is 262 g/mol. The highest BCUT2D eigenvalue weighted by Gasteiger charge is 2.36. The Kier molecular flexibility index (Phi) is 5.57. The van der Waals surface area contributed by atoms with Gasteiger partial charge in [-0.3, -0.25) is 0 Å². The van der Waals surface area contributed by atoms with Gasteiger partial charge in [0.2, 0.25) is 0 Å². The molecule has 0 saturated heterocycles. The first-order chi connectivity index (χ1) is 10.1. The van der Waals surface area contributed by atoms with Crippen molar-refractivity contribution in [3.63, 3.8) is 0 Å². The maximum atomic E-state index is 6.17. The average Bonchev–Trinajstić information content (AvgIpc) is 2.64. The molecule has 1 aromatic rings. The number of hydrogen-bond acceptors (Lipinski definition) is 4. The molecule has 4 nitrogen and oxygen atoms in total. The van der Waals surface area contributed by atoms with E-state index in [2.05, 4.69) is 18.8 Å². The van der Waals surface area contributed by atoms with E-state index in [0.717, 1.165) is 30.8 Å². The minimum Gasteiger partial charge on any atom is -0.384 e. The summed E-state index contributed by atoms with van der Waals surface area (Å²) in [6.45, 7) is 7.13. The van der Waals surface area contributed by atoms with Gasteiger partial charge in [-0.25, -0.2) is 9.97 Å². The third-order valence-electron chi connectivity index (χ3n) is 4.16. The molecule has 2 rings (SSSR count). The summed E-state index contributed by atoms with van der Waals surface area (Å²) in [4.78, 5) is 9.35. The standard InChI is InChI=1S/C17H29N3O/c1-4-21-17(9-7-5-6-8-10-17)16-19-14(11-13(2)3)12-15(18)20-16/h12-13H,4-11H2,1-3H3,(H2,18,19,20). The lowest BCUT2D eigenvalue weighted by Crippen LogP contribution is -2.32. The summed E-state index contributed by atoms with van der Waals surface area (Å²) in [6.07, 6.45) is 7.85. The molecule has 1 heterocycles. The van der Waals surface area contributed by atoms with Crippen LogP contribution in [0.25, 0.3) is 0 Å². The molecular formula is C17H29N3O. The van der Waals surface area contributed by atoms with Crippen LogP contribution in [0.4, 0.5) is 5.82 Å². The first-order valence-electron chi connectivity index (χ1n) is 8.33. The first kappa shape index (κ1) is 16.2. The molecule has 0 aliphatic heterocycles. The monoisotopic (exact) mass is 291 g/mol. The Morgan fingerprint density at radius 3 is 2.43 bits per heavy atom. The van der Waals surface area contributed by atoms with Crippen LogP contribution < -0.4 is 5.73 Å². The summed E-state index contributed by atoms with van der Waals surface area (Å²) in [5.41, 5.74) is 6.74. The van der Waals surface area contributed by atoms with E-state index in [9.17, 15) is 0 Å². The van der Waals surface area contributed by atoms with Gasteiger partial charge in [-0.05, 0) is 32.1 Å². The minimum atomic E-state index is -0.327. The Balaban J connectivity index is 2.36. The Morgan fingerprint density at radius 2 is 1.86 bits per heavy atom. The zero-order valence-electron chi connectivity index (χ0n) is 13.7. The van der Waals surface area contributed by atoms with E-state index in [1.54, 1.807) is 0 Å². The normalized spacial score (nSPS) is 18.7. The third kappa shape index (κ3) is 4.16. The molecule has 1 aliphatic rings. The Bertz CT molecular complexity index is 451. The van der Waals surface area contributed by atoms with Gasteiger partial charge in [0.05, 0.1) is 0 Å². The van der Waals surface area contributed by atoms with Crippen LogP contribution in [0.2, 0.25) is 0 Å². The van der Waals surface area contributed by atoms with E-state index in [0.29, 0.717) is 18.3 Å². The van der Waals surface area contributed by atoms with Gasteiger partial charge >= 0.3 is 0 Å². The first-order valence-corrected chi connectivity index (χ1v) is 8.33. The molecule has 0 aromatic carbocycles. The maximum Gasteiger partial charge on any atom is 0.162 e. The van der Waals surface area contributed by atoms with Crippen molar-refractivity contribution >= 4 is 5.82 Å². The predicted octanol–water partition coefficient (Wildman–Crippen LogP) is 3.84. The molecule has 0 spiro atoms. The largest absolute Gasteiger partial charge is 0.384 e. The molecule has 0 radical (unpaired) electrons. The Hall–Kier alpha value is -1.16. The summed E-state index contributed by atoms with van der Waals surface area (Å²) in [6, 6.07) is 1.90. The highest BCUT2D eigenvalue weighted by molar-refractivity contribution is 5.31. The molecule has 0 unspecified atom stereocenters. The van der Waals surface area contributed by atoms with Crippen LogP contribution in [-0.2, 0) is 16.8 Å². The Morgan fingerprint density at radius 1 is 1.19 bits per heavy atom. The van der Waals surface area contributed by atoms with Crippen LogP contribution in [0.5, 0.6) is 0 Å². The van der Waals surface area contributed by atoms with Crippen molar-refractivity contribution in [1.29, 1.82) is 0 Å². The van der Waals surface area contributed by atoms with Crippen molar-refractivity contribution in [1.82, 2.24) is 9.97 Å². The van der Waals surface area contributed by atoms with Crippen LogP contribution in [0.1, 0.15) is 70.8 Å². The average molecular weight is 291 g/mol. The number of nitrogen functional groups attached to an aromatic ring is 1. The van der Waals surface area contributed by atoms with E-state index in [-0.39, 0.29) is 5.60 Å². The van der Waals surface area contributed by atoms with Crippen molar-refractivity contribution < 1.29 is 4.74 Å². The molecule has 1 aromatic heterocycles. The van der Waals surface area contributed by atoms with Gasteiger partial charge in [-0.2, -0.15) is 0 Å². The van der Waals surface area contributed by atoms with Gasteiger partial charge in [0.15, 0.2) is 5.82 Å². The van der Waals surface area contributed by atoms with Crippen LogP contribution in [0.3, 0.4) is 0 Å². The second kappa shape index (κ2) is 7.21. The fourth-order valence-corrected chi connectivity index (χ4v) is 3.25. The fraction of sp³-hybridized carbons (Fsp3) is 0.765. The molecule has 2 N–H and O–H groups in total. The smallest absolute Gasteiger partial charge is 0.162 e. The summed E-state index contributed by atoms with van der Waals surface area (Å²) in [5.74, 6) is 1.94. The van der Waals surface area contributed by atoms with Crippen LogP contribution in [-0.4, -0.2) is 16.6 Å². The maximum absolute atomic E-state index is 6.17. The summed E-state index contributed by atoms with van der Waals surface area (Å²) < 4.78 is 6.17. The van der Waals surface area contributed by atoms with Gasteiger partial charge in [0, 0.05) is 18.4 Å². The summed E-state index contributed by atoms with van der Waals surface area (Å²) in [5, 5.41) is 0. The molecule has 21 heavy (non-hydrogen) atoms. The molecule has 1 fully saturated rings. The number of rotatable bonds is 5. The molecule has 0 atom stereocenters. The third-order valence-corrected chi connectivity index (χ3v) is 4.16. The van der Waals surface area contributed by atoms with Gasteiger partial charge in [-0.15, -0.1) is 0 Å². The highest BCUT2D eigenvalue weighted by Crippen LogP contribution is 2.38. The van der Waals surface area contributed by atoms with Crippen molar-refractivity contribution in [2.24, 2.45) is 5.92 Å². The van der Waals surface area contributed by atoms with E-state index < -0.39 is 0 Å². The van der Waals surface area contributed by atoms with Crippen LogP contribution >= 0.6 is 0 Å². The SMILES string of the molecule is CCOC1(c2nc(N)cc(CC(C)C)n2)CCCCCC1. The van der Waals surface area contributed by atoms with Crippen LogP contribution in [0, 0.1) is 5.92 Å². The zero-order valence-corrected chi connectivity index (χ0v) is 13.7. The molecule has 1 saturated carbocycles. The number of nitrogens with two attached hydrogens (primary N) is 1. The predicted molar refractivity (Wildman–Crippen MR) is 86.0 cm³/mol. The fourth-order valence-electron chi connectivity index (χ4n) is 3.25. The van der Waals surface area contributed by atoms with Crippen molar-refractivity contribution in [3.8, 4) is 0 Å². The van der Waals surface area contributed by atoms with Crippen LogP contribution in [0.15, 0.2) is 6.07 Å². The molecule has 0 bridgehead atoms. The van der Waals surface area contributed by atoms with Gasteiger partial charge in [0.1, 0.15) is 11.4 Å². The molecule has 4 heteroatoms. The lowest BCUT2D eigenvalue weighted by Gasteiger charge is -2.31. The molecule has 0 amide bonds. The number of anilines is 1. The summed E-state index contributed by atoms with van der Waals surface area (Å²) in [7, 11) is 0. The zero-order chi connectivity index (χ0) is 15.3. The van der Waals surface area contributed by atoms with E-state index >= 15 is 0 Å². The lowest BCUT2D eigenvalue weighted by molar-refractivity contribution is -0.0624. The Labute approximate surface area is 128 Å². The summed E-state index contributed by atoms with van der Waals surface area (Å²) >= 11 is 0. The van der Waals surface area contributed by atoms with Gasteiger partial charge < -0.3 is 10.5 Å². The highest BCUT2D eigenvalue weighted by atomic mass is 16.5. The van der Waals surface area contributed by atoms with Gasteiger partial charge in [0.25, 0.3) is 0 Å². The van der Waals surface area contributed by atoms with E-state index in [4.69, 9.17) is 15.5 Å². The van der Waals surface area contributed by atoms with Crippen molar-refractivity contribution in [2.75, 3.05) is 12.3 Å². The second-order valence-corrected chi connectivity index (χ2v) is 6.55. The van der Waals surface area contributed by atoms with Crippen molar-refractivity contribution in [3.05, 3.63) is 17.6 Å².